The lowest BCUT2D eigenvalue weighted by atomic mass is 9.49. The Bertz CT molecular complexity index is 1420. The third-order valence-corrected chi connectivity index (χ3v) is 10.8. The largest absolute Gasteiger partial charge is 0.379 e. The molecule has 7 nitrogen and oxygen atoms in total. The van der Waals surface area contributed by atoms with Crippen LogP contribution in [0.15, 0.2) is 48.6 Å². The number of carbonyl (C=O) groups is 2. The van der Waals surface area contributed by atoms with E-state index in [0.717, 1.165) is 37.0 Å². The normalized spacial score (nSPS) is 30.7. The highest BCUT2D eigenvalue weighted by Gasteiger charge is 2.52. The Morgan fingerprint density at radius 2 is 1.73 bits per heavy atom. The fraction of sp³-hybridized carbons (Fsp3) is 0.529. The fourth-order valence-corrected chi connectivity index (χ4v) is 8.53. The van der Waals surface area contributed by atoms with Crippen LogP contribution in [0.5, 0.6) is 0 Å². The average molecular weight is 556 g/mol. The number of benzene rings is 2. The van der Waals surface area contributed by atoms with Gasteiger partial charge in [-0.2, -0.15) is 0 Å². The van der Waals surface area contributed by atoms with Gasteiger partial charge < -0.3 is 5.32 Å². The Labute approximate surface area is 242 Å². The SMILES string of the molecule is CC(C)c1ccc2c(c1)CCC1C(C)(CNc3ccc(N4C(=O)C5CC=CCC5C4=O)cc3[N+](=O)[O-])CCCC21C. The van der Waals surface area contributed by atoms with Crippen LogP contribution in [0.1, 0.15) is 88.8 Å². The summed E-state index contributed by atoms with van der Waals surface area (Å²) < 4.78 is 0. The van der Waals surface area contributed by atoms with Gasteiger partial charge in [0.15, 0.2) is 0 Å². The second kappa shape index (κ2) is 10.1. The monoisotopic (exact) mass is 555 g/mol. The topological polar surface area (TPSA) is 92.6 Å². The zero-order valence-electron chi connectivity index (χ0n) is 24.6. The van der Waals surface area contributed by atoms with Crippen molar-refractivity contribution in [2.24, 2.45) is 23.2 Å². The Morgan fingerprint density at radius 3 is 2.39 bits per heavy atom. The number of nitrogens with one attached hydrogen (secondary N) is 1. The first-order chi connectivity index (χ1) is 19.5. The molecule has 6 rings (SSSR count). The van der Waals surface area contributed by atoms with Crippen molar-refractivity contribution in [3.05, 3.63) is 75.4 Å². The lowest BCUT2D eigenvalue weighted by Gasteiger charge is -2.55. The van der Waals surface area contributed by atoms with E-state index in [2.05, 4.69) is 51.2 Å². The first kappa shape index (κ1) is 27.7. The number of amides is 2. The molecule has 0 spiro atoms. The van der Waals surface area contributed by atoms with Crippen LogP contribution < -0.4 is 10.2 Å². The summed E-state index contributed by atoms with van der Waals surface area (Å²) in [5.74, 6) is -0.289. The highest BCUT2D eigenvalue weighted by atomic mass is 16.6. The number of hydrogen-bond acceptors (Lipinski definition) is 5. The van der Waals surface area contributed by atoms with Crippen molar-refractivity contribution in [1.29, 1.82) is 0 Å². The smallest absolute Gasteiger partial charge is 0.294 e. The number of aryl methyl sites for hydroxylation is 1. The number of imide groups is 1. The fourth-order valence-electron chi connectivity index (χ4n) is 8.53. The molecule has 2 fully saturated rings. The zero-order valence-corrected chi connectivity index (χ0v) is 24.6. The second-order valence-corrected chi connectivity index (χ2v) is 13.6. The van der Waals surface area contributed by atoms with Crippen LogP contribution in [0.4, 0.5) is 17.1 Å². The molecule has 5 unspecified atom stereocenters. The molecule has 0 aromatic heterocycles. The van der Waals surface area contributed by atoms with E-state index in [4.69, 9.17) is 0 Å². The number of nitro benzene ring substituents is 1. The minimum absolute atomic E-state index is 0.0302. The van der Waals surface area contributed by atoms with E-state index in [0.29, 0.717) is 36.9 Å². The van der Waals surface area contributed by atoms with Gasteiger partial charge in [-0.15, -0.1) is 0 Å². The first-order valence-corrected chi connectivity index (χ1v) is 15.2. The van der Waals surface area contributed by atoms with Gasteiger partial charge in [0.1, 0.15) is 5.69 Å². The molecule has 2 aromatic carbocycles. The Kier molecular flexibility index (Phi) is 6.82. The Balaban J connectivity index is 1.24. The third kappa shape index (κ3) is 4.48. The average Bonchev–Trinajstić information content (AvgIpc) is 3.21. The quantitative estimate of drug-likeness (QED) is 0.175. The maximum absolute atomic E-state index is 13.1. The van der Waals surface area contributed by atoms with Gasteiger partial charge in [-0.05, 0) is 90.0 Å². The van der Waals surface area contributed by atoms with E-state index >= 15 is 0 Å². The number of hydrogen-bond donors (Lipinski definition) is 1. The van der Waals surface area contributed by atoms with Crippen LogP contribution >= 0.6 is 0 Å². The van der Waals surface area contributed by atoms with E-state index in [-0.39, 0.29) is 45.9 Å². The molecule has 2 aromatic rings. The number of carbonyl (C=O) groups excluding carboxylic acids is 2. The molecular weight excluding hydrogens is 514 g/mol. The predicted molar refractivity (Wildman–Crippen MR) is 161 cm³/mol. The molecule has 1 saturated heterocycles. The summed E-state index contributed by atoms with van der Waals surface area (Å²) in [6, 6.07) is 11.8. The molecule has 2 amide bonds. The van der Waals surface area contributed by atoms with Crippen LogP contribution in [0.2, 0.25) is 0 Å². The minimum atomic E-state index is -0.415. The summed E-state index contributed by atoms with van der Waals surface area (Å²) in [6.07, 6.45) is 10.5. The number of fused-ring (bicyclic) bond motifs is 4. The molecular formula is C34H41N3O4. The van der Waals surface area contributed by atoms with Crippen LogP contribution in [0.25, 0.3) is 0 Å². The van der Waals surface area contributed by atoms with Crippen molar-refractivity contribution in [1.82, 2.24) is 0 Å². The molecule has 0 bridgehead atoms. The number of rotatable bonds is 6. The van der Waals surface area contributed by atoms with Gasteiger partial charge in [0.05, 0.1) is 22.4 Å². The number of nitrogens with zero attached hydrogens (tertiary/aromatic N) is 2. The number of nitro groups is 1. The summed E-state index contributed by atoms with van der Waals surface area (Å²) >= 11 is 0. The van der Waals surface area contributed by atoms with Gasteiger partial charge in [-0.25, -0.2) is 4.90 Å². The predicted octanol–water partition coefficient (Wildman–Crippen LogP) is 7.30. The van der Waals surface area contributed by atoms with Crippen LogP contribution in [0, 0.1) is 33.3 Å². The molecule has 1 N–H and O–H groups in total. The minimum Gasteiger partial charge on any atom is -0.379 e. The standard InChI is InChI=1S/C34H41N3O4/c1-21(2)22-10-13-27-23(18-22)11-15-30-33(3,16-7-17-34(27,30)4)20-35-28-14-12-24(19-29(28)37(40)41)36-31(38)25-8-5-6-9-26(25)32(36)39/h5-6,10,12-14,18-19,21,25-26,30,35H,7-9,11,15-17,20H2,1-4H3. The van der Waals surface area contributed by atoms with Crippen molar-refractivity contribution in [3.63, 3.8) is 0 Å². The van der Waals surface area contributed by atoms with E-state index in [1.165, 1.54) is 22.8 Å². The molecule has 3 aliphatic carbocycles. The van der Waals surface area contributed by atoms with Crippen molar-refractivity contribution in [2.75, 3.05) is 16.8 Å². The number of allylic oxidation sites excluding steroid dienone is 2. The van der Waals surface area contributed by atoms with E-state index in [1.54, 1.807) is 12.1 Å². The first-order valence-electron chi connectivity index (χ1n) is 15.2. The molecule has 1 aliphatic heterocycles. The Morgan fingerprint density at radius 1 is 1.02 bits per heavy atom. The highest BCUT2D eigenvalue weighted by molar-refractivity contribution is 6.22. The molecule has 7 heteroatoms. The van der Waals surface area contributed by atoms with Crippen LogP contribution in [-0.2, 0) is 21.4 Å². The third-order valence-electron chi connectivity index (χ3n) is 10.8. The van der Waals surface area contributed by atoms with Gasteiger partial charge >= 0.3 is 0 Å². The van der Waals surface area contributed by atoms with Gasteiger partial charge in [0.25, 0.3) is 5.69 Å². The summed E-state index contributed by atoms with van der Waals surface area (Å²) in [4.78, 5) is 39.1. The van der Waals surface area contributed by atoms with Crippen molar-refractivity contribution < 1.29 is 14.5 Å². The van der Waals surface area contributed by atoms with Gasteiger partial charge in [0, 0.05) is 12.6 Å². The van der Waals surface area contributed by atoms with Crippen molar-refractivity contribution in [3.8, 4) is 0 Å². The lowest BCUT2D eigenvalue weighted by Crippen LogP contribution is -2.51. The summed E-state index contributed by atoms with van der Waals surface area (Å²) in [7, 11) is 0. The molecule has 5 atom stereocenters. The highest BCUT2D eigenvalue weighted by Crippen LogP contribution is 2.57. The molecule has 1 heterocycles. The van der Waals surface area contributed by atoms with Crippen molar-refractivity contribution >= 4 is 28.9 Å². The van der Waals surface area contributed by atoms with Crippen LogP contribution in [0.3, 0.4) is 0 Å². The van der Waals surface area contributed by atoms with Gasteiger partial charge in [0.2, 0.25) is 11.8 Å². The summed E-state index contributed by atoms with van der Waals surface area (Å²) in [5, 5.41) is 15.6. The lowest BCUT2D eigenvalue weighted by molar-refractivity contribution is -0.383. The van der Waals surface area contributed by atoms with Gasteiger partial charge in [-0.1, -0.05) is 64.5 Å². The maximum atomic E-state index is 13.1. The molecule has 216 valence electrons. The van der Waals surface area contributed by atoms with E-state index in [9.17, 15) is 19.7 Å². The van der Waals surface area contributed by atoms with Crippen molar-refractivity contribution in [2.45, 2.75) is 84.0 Å². The Hall–Kier alpha value is -3.48. The molecule has 1 saturated carbocycles. The molecule has 41 heavy (non-hydrogen) atoms. The zero-order chi connectivity index (χ0) is 29.1. The summed E-state index contributed by atoms with van der Waals surface area (Å²) in [5.41, 5.74) is 5.03. The molecule has 0 radical (unpaired) electrons. The van der Waals surface area contributed by atoms with E-state index < -0.39 is 4.92 Å². The maximum Gasteiger partial charge on any atom is 0.294 e. The molecule has 4 aliphatic rings. The number of anilines is 2. The summed E-state index contributed by atoms with van der Waals surface area (Å²) in [6.45, 7) is 9.89. The van der Waals surface area contributed by atoms with E-state index in [1.807, 2.05) is 12.2 Å². The second-order valence-electron chi connectivity index (χ2n) is 13.6. The van der Waals surface area contributed by atoms with Gasteiger partial charge in [-0.3, -0.25) is 19.7 Å². The van der Waals surface area contributed by atoms with Crippen LogP contribution in [-0.4, -0.2) is 23.3 Å².